The maximum absolute atomic E-state index is 6.75. The number of hydrogen-bond acceptors (Lipinski definition) is 4. The van der Waals surface area contributed by atoms with Crippen molar-refractivity contribution >= 4 is 18.2 Å². The van der Waals surface area contributed by atoms with Crippen LogP contribution in [0.5, 0.6) is 23.0 Å². The van der Waals surface area contributed by atoms with Gasteiger partial charge in [-0.05, 0) is 67.6 Å². The third kappa shape index (κ3) is 52.8. The number of rotatable bonds is 75. The van der Waals surface area contributed by atoms with E-state index in [1.807, 2.05) is 12.1 Å². The zero-order valence-electron chi connectivity index (χ0n) is 71.2. The van der Waals surface area contributed by atoms with E-state index in [1.54, 1.807) is 0 Å². The lowest BCUT2D eigenvalue weighted by Crippen LogP contribution is -2.03. The van der Waals surface area contributed by atoms with Crippen molar-refractivity contribution < 1.29 is 18.9 Å². The van der Waals surface area contributed by atoms with Crippen molar-refractivity contribution in [3.8, 4) is 46.7 Å². The molecule has 4 nitrogen and oxygen atoms in total. The smallest absolute Gasteiger partial charge is 0.136 e. The molecule has 0 bridgehead atoms. The van der Waals surface area contributed by atoms with Gasteiger partial charge in [-0.3, -0.25) is 0 Å². The molecule has 0 N–H and O–H groups in total. The largest absolute Gasteiger partial charge is 0.493 e. The Balaban J connectivity index is 1.43. The Morgan fingerprint density at radius 2 is 0.463 bits per heavy atom. The Morgan fingerprint density at radius 3 is 0.731 bits per heavy atom. The average molecular weight is 1480 g/mol. The minimum atomic E-state index is 0.648. The molecule has 0 radical (unpaired) electrons. The van der Waals surface area contributed by atoms with Crippen LogP contribution in [-0.4, -0.2) is 26.4 Å². The van der Waals surface area contributed by atoms with Crippen molar-refractivity contribution in [2.45, 2.75) is 439 Å². The van der Waals surface area contributed by atoms with E-state index < -0.39 is 0 Å². The molecule has 0 aliphatic carbocycles. The van der Waals surface area contributed by atoms with Gasteiger partial charge in [-0.1, -0.05) is 492 Å². The molecule has 108 heavy (non-hydrogen) atoms. The predicted molar refractivity (Wildman–Crippen MR) is 477 cm³/mol. The minimum absolute atomic E-state index is 0.648. The zero-order valence-corrected chi connectivity index (χ0v) is 71.2. The molecular formula is C104H166O4. The molecule has 0 heterocycles. The van der Waals surface area contributed by atoms with Gasteiger partial charge in [0.15, 0.2) is 0 Å². The highest BCUT2D eigenvalue weighted by molar-refractivity contribution is 5.76. The monoisotopic (exact) mass is 1480 g/mol. The van der Waals surface area contributed by atoms with E-state index in [4.69, 9.17) is 18.9 Å². The number of unbranched alkanes of at least 4 members (excludes halogenated alkanes) is 60. The molecule has 0 saturated heterocycles. The number of hydrogen-bond donors (Lipinski definition) is 0. The van der Waals surface area contributed by atoms with Crippen LogP contribution in [0.2, 0.25) is 0 Å². The summed E-state index contributed by atoms with van der Waals surface area (Å²) in [6.07, 6.45) is 92.8. The molecule has 0 aromatic heterocycles. The minimum Gasteiger partial charge on any atom is -0.493 e. The van der Waals surface area contributed by atoms with E-state index >= 15 is 0 Å². The fourth-order valence-corrected chi connectivity index (χ4v) is 15.1. The third-order valence-corrected chi connectivity index (χ3v) is 22.3. The van der Waals surface area contributed by atoms with Gasteiger partial charge in [0.05, 0.1) is 37.6 Å². The Kier molecular flexibility index (Phi) is 63.3. The van der Waals surface area contributed by atoms with Crippen LogP contribution >= 0.6 is 0 Å². The van der Waals surface area contributed by atoms with Crippen LogP contribution < -0.4 is 18.9 Å². The van der Waals surface area contributed by atoms with Gasteiger partial charge in [-0.2, -0.15) is 0 Å². The average Bonchev–Trinajstić information content (AvgIpc) is 0.821. The van der Waals surface area contributed by atoms with Gasteiger partial charge >= 0.3 is 0 Å². The highest BCUT2D eigenvalue weighted by Crippen LogP contribution is 2.34. The van der Waals surface area contributed by atoms with Crippen LogP contribution in [0.3, 0.4) is 0 Å². The standard InChI is InChI=1S/C104H166O4/c1-6-11-15-19-23-27-31-35-39-43-47-51-55-59-63-70-86-105-101-91-98(102(90-97(101)10-5)106-87-71-64-60-56-52-48-44-40-36-32-28-24-20-16-12-7-2)84-81-95-76-78-96(79-77-95)82-85-100-93-103(107-88-72-65-61-57-53-49-45-41-37-33-29-25-21-17-13-8-3)99(83-80-94-74-68-67-69-75-94)92-104(100)108-89-73-66-62-58-54-50-46-42-38-34-30-26-22-18-14-9-4/h10,67-69,74-79,81,84,90-93H,5-9,11-66,70-73,86-89H2,1-4H3/b84-81+. The first-order valence-corrected chi connectivity index (χ1v) is 46.9. The summed E-state index contributed by atoms with van der Waals surface area (Å²) in [4.78, 5) is 0. The van der Waals surface area contributed by atoms with Crippen molar-refractivity contribution in [3.63, 3.8) is 0 Å². The maximum atomic E-state index is 6.75. The SMILES string of the molecule is C=Cc1cc(OCCCCCCCCCCCCCCCCCC)c(/C=C/c2ccc(C#Cc3cc(OCCCCCCCCCCCCCCCCCC)c(C#Cc4ccccc4)cc3OCCCCCCCCCCCCCCCCCC)cc2)cc1OCCCCCCCCCCCCCCCCCC. The van der Waals surface area contributed by atoms with Crippen LogP contribution in [0.25, 0.3) is 18.2 Å². The van der Waals surface area contributed by atoms with Gasteiger partial charge in [0.25, 0.3) is 0 Å². The predicted octanol–water partition coefficient (Wildman–Crippen LogP) is 33.9. The molecule has 4 aromatic rings. The topological polar surface area (TPSA) is 36.9 Å². The molecule has 4 heteroatoms. The summed E-state index contributed by atoms with van der Waals surface area (Å²) in [5.41, 5.74) is 6.73. The molecule has 0 spiro atoms. The molecular weight excluding hydrogens is 1310 g/mol. The normalized spacial score (nSPS) is 11.3. The molecule has 0 aliphatic heterocycles. The van der Waals surface area contributed by atoms with E-state index in [-0.39, 0.29) is 0 Å². The van der Waals surface area contributed by atoms with Crippen molar-refractivity contribution in [1.29, 1.82) is 0 Å². The Morgan fingerprint density at radius 1 is 0.231 bits per heavy atom. The maximum Gasteiger partial charge on any atom is 0.136 e. The first kappa shape index (κ1) is 95.1. The summed E-state index contributed by atoms with van der Waals surface area (Å²) in [6.45, 7) is 16.2. The van der Waals surface area contributed by atoms with Crippen molar-refractivity contribution in [1.82, 2.24) is 0 Å². The Hall–Kier alpha value is -5.32. The van der Waals surface area contributed by atoms with Gasteiger partial charge in [-0.15, -0.1) is 0 Å². The zero-order chi connectivity index (χ0) is 76.4. The third-order valence-electron chi connectivity index (χ3n) is 22.3. The van der Waals surface area contributed by atoms with Gasteiger partial charge in [0.1, 0.15) is 23.0 Å². The number of ether oxygens (including phenoxy) is 4. The fraction of sp³-hybridized carbons (Fsp3) is 0.692. The lowest BCUT2D eigenvalue weighted by atomic mass is 10.0. The van der Waals surface area contributed by atoms with Crippen molar-refractivity contribution in [2.75, 3.05) is 26.4 Å². The second-order valence-electron chi connectivity index (χ2n) is 32.4. The molecule has 0 saturated carbocycles. The lowest BCUT2D eigenvalue weighted by molar-refractivity contribution is 0.295. The van der Waals surface area contributed by atoms with Crippen LogP contribution in [0.1, 0.15) is 478 Å². The molecule has 0 fully saturated rings. The van der Waals surface area contributed by atoms with Gasteiger partial charge in [0, 0.05) is 34.4 Å². The molecule has 4 rings (SSSR count). The van der Waals surface area contributed by atoms with Crippen molar-refractivity contribution in [3.05, 3.63) is 124 Å². The van der Waals surface area contributed by atoms with Gasteiger partial charge in [0.2, 0.25) is 0 Å². The second kappa shape index (κ2) is 72.0. The number of benzene rings is 4. The van der Waals surface area contributed by atoms with E-state index in [9.17, 15) is 0 Å². The molecule has 606 valence electrons. The van der Waals surface area contributed by atoms with Crippen LogP contribution in [0.15, 0.2) is 85.4 Å². The molecule has 0 atom stereocenters. The van der Waals surface area contributed by atoms with E-state index in [0.717, 1.165) is 87.6 Å². The highest BCUT2D eigenvalue weighted by atomic mass is 16.5. The first-order valence-electron chi connectivity index (χ1n) is 46.9. The van der Waals surface area contributed by atoms with E-state index in [0.29, 0.717) is 26.4 Å². The van der Waals surface area contributed by atoms with Crippen LogP contribution in [0, 0.1) is 23.7 Å². The summed E-state index contributed by atoms with van der Waals surface area (Å²) >= 11 is 0. The lowest BCUT2D eigenvalue weighted by Gasteiger charge is -2.15. The van der Waals surface area contributed by atoms with E-state index in [1.165, 1.54) is 385 Å². The first-order chi connectivity index (χ1) is 53.6. The van der Waals surface area contributed by atoms with Crippen LogP contribution in [-0.2, 0) is 0 Å². The molecule has 0 aliphatic rings. The van der Waals surface area contributed by atoms with E-state index in [2.05, 4.69) is 143 Å². The highest BCUT2D eigenvalue weighted by Gasteiger charge is 2.14. The fourth-order valence-electron chi connectivity index (χ4n) is 15.1. The molecule has 0 amide bonds. The summed E-state index contributed by atoms with van der Waals surface area (Å²) in [7, 11) is 0. The van der Waals surface area contributed by atoms with Gasteiger partial charge in [-0.25, -0.2) is 0 Å². The molecule has 0 unspecified atom stereocenters. The summed E-state index contributed by atoms with van der Waals surface area (Å²) in [5.74, 6) is 17.4. The quantitative estimate of drug-likeness (QED) is 0.0251. The van der Waals surface area contributed by atoms with Crippen molar-refractivity contribution in [2.24, 2.45) is 0 Å². The summed E-state index contributed by atoms with van der Waals surface area (Å²) in [6, 6.07) is 27.5. The summed E-state index contributed by atoms with van der Waals surface area (Å²) < 4.78 is 26.8. The van der Waals surface area contributed by atoms with Crippen LogP contribution in [0.4, 0.5) is 0 Å². The Labute approximate surface area is 669 Å². The van der Waals surface area contributed by atoms with Gasteiger partial charge < -0.3 is 18.9 Å². The summed E-state index contributed by atoms with van der Waals surface area (Å²) in [5, 5.41) is 0. The Bertz CT molecular complexity index is 2840. The molecule has 4 aromatic carbocycles. The second-order valence-corrected chi connectivity index (χ2v) is 32.4.